The lowest BCUT2D eigenvalue weighted by Gasteiger charge is -2.33. The van der Waals surface area contributed by atoms with E-state index in [1.807, 2.05) is 6.07 Å². The molecule has 0 bridgehead atoms. The number of nitrogens with zero attached hydrogens (tertiary/aromatic N) is 1. The number of likely N-dealkylation sites (tertiary alicyclic amines) is 1. The fraction of sp³-hybridized carbons (Fsp3) is 0.318. The van der Waals surface area contributed by atoms with Crippen molar-refractivity contribution in [1.82, 2.24) is 10.2 Å². The molecule has 1 heterocycles. The highest BCUT2D eigenvalue weighted by atomic mass is 16.5. The Balaban J connectivity index is 1.82. The summed E-state index contributed by atoms with van der Waals surface area (Å²) in [6.07, 6.45) is 1.17. The van der Waals surface area contributed by atoms with Gasteiger partial charge in [-0.3, -0.25) is 14.4 Å². The van der Waals surface area contributed by atoms with E-state index >= 15 is 0 Å². The quantitative estimate of drug-likeness (QED) is 0.782. The molecule has 0 radical (unpaired) electrons. The molecule has 1 aliphatic rings. The van der Waals surface area contributed by atoms with E-state index in [1.165, 1.54) is 4.90 Å². The number of carbonyl (C=O) groups excluding carboxylic acids is 2. The number of methoxy groups -OCH3 is 1. The van der Waals surface area contributed by atoms with Crippen LogP contribution in [0.15, 0.2) is 54.6 Å². The zero-order chi connectivity index (χ0) is 20.8. The van der Waals surface area contributed by atoms with E-state index in [1.54, 1.807) is 55.6 Å². The number of ether oxygens (including phenoxy) is 1. The first kappa shape index (κ1) is 20.4. The molecule has 3 rings (SSSR count). The molecule has 0 aromatic heterocycles. The van der Waals surface area contributed by atoms with Gasteiger partial charge in [-0.05, 0) is 42.7 Å². The van der Waals surface area contributed by atoms with Crippen LogP contribution in [0.25, 0.3) is 0 Å². The minimum atomic E-state index is -0.902. The van der Waals surface area contributed by atoms with E-state index in [0.29, 0.717) is 36.3 Å². The molecule has 2 atom stereocenters. The number of carboxylic acid groups (broad SMARTS) is 1. The molecular weight excluding hydrogens is 372 g/mol. The number of carboxylic acids is 1. The van der Waals surface area contributed by atoms with Crippen LogP contribution in [0.1, 0.15) is 34.8 Å². The highest BCUT2D eigenvalue weighted by Gasteiger charge is 2.33. The number of benzene rings is 2. The molecule has 152 valence electrons. The number of aliphatic carboxylic acids is 1. The molecule has 1 saturated heterocycles. The fourth-order valence-corrected chi connectivity index (χ4v) is 3.45. The third-order valence-corrected chi connectivity index (χ3v) is 5.09. The summed E-state index contributed by atoms with van der Waals surface area (Å²) in [5.74, 6) is -1.54. The van der Waals surface area contributed by atoms with Gasteiger partial charge in [0.1, 0.15) is 11.8 Å². The molecule has 7 nitrogen and oxygen atoms in total. The average molecular weight is 396 g/mol. The van der Waals surface area contributed by atoms with Crippen LogP contribution >= 0.6 is 0 Å². The first-order valence-electron chi connectivity index (χ1n) is 9.51. The van der Waals surface area contributed by atoms with Crippen LogP contribution in [0.3, 0.4) is 0 Å². The van der Waals surface area contributed by atoms with Gasteiger partial charge in [0.15, 0.2) is 0 Å². The predicted molar refractivity (Wildman–Crippen MR) is 107 cm³/mol. The molecule has 0 saturated carbocycles. The molecule has 1 aliphatic heterocycles. The Bertz CT molecular complexity index is 867. The second-order valence-electron chi connectivity index (χ2n) is 7.01. The minimum absolute atomic E-state index is 0.149. The molecule has 2 aromatic rings. The Morgan fingerprint density at radius 1 is 1.10 bits per heavy atom. The Hall–Kier alpha value is -3.35. The summed E-state index contributed by atoms with van der Waals surface area (Å²) in [6, 6.07) is 14.7. The van der Waals surface area contributed by atoms with E-state index in [9.17, 15) is 19.5 Å². The Kier molecular flexibility index (Phi) is 6.49. The standard InChI is InChI=1S/C22H24N2O5/c1-29-18-11-9-16(10-12-18)20(25)23-19(15-6-3-2-4-7-15)21(26)24-13-5-8-17(14-24)22(27)28/h2-4,6-7,9-12,17,19H,5,8,13-14H2,1H3,(H,23,25)(H,27,28). The smallest absolute Gasteiger partial charge is 0.308 e. The van der Waals surface area contributed by atoms with Gasteiger partial charge in [0.25, 0.3) is 5.91 Å². The van der Waals surface area contributed by atoms with Crippen molar-refractivity contribution in [3.05, 3.63) is 65.7 Å². The summed E-state index contributed by atoms with van der Waals surface area (Å²) in [6.45, 7) is 0.625. The first-order valence-corrected chi connectivity index (χ1v) is 9.51. The van der Waals surface area contributed by atoms with Gasteiger partial charge in [-0.1, -0.05) is 30.3 Å². The van der Waals surface area contributed by atoms with E-state index in [0.717, 1.165) is 0 Å². The lowest BCUT2D eigenvalue weighted by Crippen LogP contribution is -2.48. The molecule has 0 spiro atoms. The number of hydrogen-bond donors (Lipinski definition) is 2. The van der Waals surface area contributed by atoms with Crippen LogP contribution in [0, 0.1) is 5.92 Å². The molecule has 29 heavy (non-hydrogen) atoms. The van der Waals surface area contributed by atoms with Gasteiger partial charge >= 0.3 is 5.97 Å². The summed E-state index contributed by atoms with van der Waals surface area (Å²) in [5.41, 5.74) is 1.05. The Morgan fingerprint density at radius 3 is 2.41 bits per heavy atom. The average Bonchev–Trinajstić information content (AvgIpc) is 2.77. The maximum atomic E-state index is 13.2. The van der Waals surface area contributed by atoms with Crippen molar-refractivity contribution in [3.8, 4) is 5.75 Å². The number of nitrogens with one attached hydrogen (secondary N) is 1. The number of amides is 2. The molecule has 2 amide bonds. The van der Waals surface area contributed by atoms with Crippen molar-refractivity contribution >= 4 is 17.8 Å². The lowest BCUT2D eigenvalue weighted by atomic mass is 9.96. The van der Waals surface area contributed by atoms with Gasteiger partial charge < -0.3 is 20.1 Å². The number of rotatable bonds is 6. The second kappa shape index (κ2) is 9.23. The highest BCUT2D eigenvalue weighted by Crippen LogP contribution is 2.23. The van der Waals surface area contributed by atoms with Crippen molar-refractivity contribution in [3.63, 3.8) is 0 Å². The van der Waals surface area contributed by atoms with Gasteiger partial charge in [-0.25, -0.2) is 0 Å². The zero-order valence-corrected chi connectivity index (χ0v) is 16.2. The predicted octanol–water partition coefficient (Wildman–Crippen LogP) is 2.49. The van der Waals surface area contributed by atoms with Gasteiger partial charge in [-0.15, -0.1) is 0 Å². The summed E-state index contributed by atoms with van der Waals surface area (Å²) in [5, 5.41) is 12.1. The van der Waals surface area contributed by atoms with Gasteiger partial charge in [0.2, 0.25) is 5.91 Å². The van der Waals surface area contributed by atoms with Crippen LogP contribution in [-0.2, 0) is 9.59 Å². The van der Waals surface area contributed by atoms with E-state index in [4.69, 9.17) is 4.74 Å². The zero-order valence-electron chi connectivity index (χ0n) is 16.2. The van der Waals surface area contributed by atoms with E-state index in [-0.39, 0.29) is 18.4 Å². The summed E-state index contributed by atoms with van der Waals surface area (Å²) in [7, 11) is 1.54. The molecule has 2 N–H and O–H groups in total. The topological polar surface area (TPSA) is 95.9 Å². The lowest BCUT2D eigenvalue weighted by molar-refractivity contribution is -0.146. The number of hydrogen-bond acceptors (Lipinski definition) is 4. The third kappa shape index (κ3) is 4.93. The maximum absolute atomic E-state index is 13.2. The SMILES string of the molecule is COc1ccc(C(=O)NC(C(=O)N2CCCC(C(=O)O)C2)c2ccccc2)cc1. The van der Waals surface area contributed by atoms with Crippen molar-refractivity contribution in [2.45, 2.75) is 18.9 Å². The van der Waals surface area contributed by atoms with Crippen LogP contribution < -0.4 is 10.1 Å². The summed E-state index contributed by atoms with van der Waals surface area (Å²) in [4.78, 5) is 38.9. The van der Waals surface area contributed by atoms with E-state index in [2.05, 4.69) is 5.32 Å². The largest absolute Gasteiger partial charge is 0.497 e. The van der Waals surface area contributed by atoms with Crippen LogP contribution in [-0.4, -0.2) is 48.0 Å². The van der Waals surface area contributed by atoms with Gasteiger partial charge in [0.05, 0.1) is 13.0 Å². The van der Waals surface area contributed by atoms with Crippen LogP contribution in [0.2, 0.25) is 0 Å². The van der Waals surface area contributed by atoms with Crippen molar-refractivity contribution < 1.29 is 24.2 Å². The van der Waals surface area contributed by atoms with Gasteiger partial charge in [0, 0.05) is 18.7 Å². The number of carbonyl (C=O) groups is 3. The molecular formula is C22H24N2O5. The van der Waals surface area contributed by atoms with Crippen molar-refractivity contribution in [2.75, 3.05) is 20.2 Å². The van der Waals surface area contributed by atoms with Crippen molar-refractivity contribution in [2.24, 2.45) is 5.92 Å². The second-order valence-corrected chi connectivity index (χ2v) is 7.01. The first-order chi connectivity index (χ1) is 14.0. The Labute approximate surface area is 169 Å². The molecule has 0 aliphatic carbocycles. The van der Waals surface area contributed by atoms with Crippen molar-refractivity contribution in [1.29, 1.82) is 0 Å². The van der Waals surface area contributed by atoms with Gasteiger partial charge in [-0.2, -0.15) is 0 Å². The number of piperidine rings is 1. The normalized spacial score (nSPS) is 17.3. The van der Waals surface area contributed by atoms with E-state index < -0.39 is 17.9 Å². The minimum Gasteiger partial charge on any atom is -0.497 e. The maximum Gasteiger partial charge on any atom is 0.308 e. The van der Waals surface area contributed by atoms with Crippen LogP contribution in [0.5, 0.6) is 5.75 Å². The fourth-order valence-electron chi connectivity index (χ4n) is 3.45. The van der Waals surface area contributed by atoms with Crippen LogP contribution in [0.4, 0.5) is 0 Å². The molecule has 2 aromatic carbocycles. The molecule has 1 fully saturated rings. The summed E-state index contributed by atoms with van der Waals surface area (Å²) >= 11 is 0. The molecule has 2 unspecified atom stereocenters. The molecule has 7 heteroatoms. The Morgan fingerprint density at radius 2 is 1.79 bits per heavy atom. The monoisotopic (exact) mass is 396 g/mol. The highest BCUT2D eigenvalue weighted by molar-refractivity contribution is 5.98. The summed E-state index contributed by atoms with van der Waals surface area (Å²) < 4.78 is 5.11. The third-order valence-electron chi connectivity index (χ3n) is 5.09.